The zero-order chi connectivity index (χ0) is 28.6. The largest absolute Gasteiger partial charge is 0.503 e. The lowest BCUT2D eigenvalue weighted by Gasteiger charge is -2.28. The molecule has 0 saturated carbocycles. The zero-order valence-corrected chi connectivity index (χ0v) is 23.8. The van der Waals surface area contributed by atoms with E-state index in [1.165, 1.54) is 16.2 Å². The molecule has 7 nitrogen and oxygen atoms in total. The fourth-order valence-corrected chi connectivity index (χ4v) is 5.89. The van der Waals surface area contributed by atoms with E-state index in [9.17, 15) is 14.7 Å². The Hall–Kier alpha value is -4.43. The van der Waals surface area contributed by atoms with Crippen LogP contribution in [0, 0.1) is 20.8 Å². The van der Waals surface area contributed by atoms with Gasteiger partial charge < -0.3 is 14.6 Å². The number of carbonyl (C=O) groups is 2. The summed E-state index contributed by atoms with van der Waals surface area (Å²) in [4.78, 5) is 34.4. The minimum atomic E-state index is -0.895. The SMILES string of the molecule is CCOc1cc(C2C(C(=O)c3sc(-c4ccccc4)nc3C)=C(O)C(=O)N2c2ccc(C)c(C)c2)ccc1OC. The highest BCUT2D eigenvalue weighted by Crippen LogP contribution is 2.45. The number of nitrogens with zero attached hydrogens (tertiary/aromatic N) is 2. The quantitative estimate of drug-likeness (QED) is 0.238. The van der Waals surface area contributed by atoms with Crippen LogP contribution < -0.4 is 14.4 Å². The van der Waals surface area contributed by atoms with Gasteiger partial charge in [-0.2, -0.15) is 0 Å². The molecule has 8 heteroatoms. The molecule has 1 atom stereocenters. The molecule has 0 spiro atoms. The first kappa shape index (κ1) is 27.1. The number of anilines is 1. The summed E-state index contributed by atoms with van der Waals surface area (Å²) < 4.78 is 11.3. The Morgan fingerprint density at radius 1 is 1.00 bits per heavy atom. The molecule has 3 aromatic carbocycles. The topological polar surface area (TPSA) is 89.0 Å². The monoisotopic (exact) mass is 554 g/mol. The third kappa shape index (κ3) is 4.75. The second kappa shape index (κ2) is 11.0. The van der Waals surface area contributed by atoms with Crippen LogP contribution in [0.15, 0.2) is 78.1 Å². The van der Waals surface area contributed by atoms with Gasteiger partial charge in [0.1, 0.15) is 5.01 Å². The Balaban J connectivity index is 1.67. The number of hydrogen-bond acceptors (Lipinski definition) is 7. The average Bonchev–Trinajstić information content (AvgIpc) is 3.47. The summed E-state index contributed by atoms with van der Waals surface area (Å²) in [6.07, 6.45) is 0. The second-order valence-corrected chi connectivity index (χ2v) is 10.6. The van der Waals surface area contributed by atoms with E-state index in [2.05, 4.69) is 4.98 Å². The smallest absolute Gasteiger partial charge is 0.294 e. The van der Waals surface area contributed by atoms with Crippen LogP contribution in [0.5, 0.6) is 11.5 Å². The molecule has 1 aliphatic heterocycles. The number of benzene rings is 3. The van der Waals surface area contributed by atoms with Crippen LogP contribution >= 0.6 is 11.3 Å². The lowest BCUT2D eigenvalue weighted by Crippen LogP contribution is -2.31. The highest BCUT2D eigenvalue weighted by molar-refractivity contribution is 7.17. The Morgan fingerprint density at radius 2 is 1.75 bits per heavy atom. The normalized spacial score (nSPS) is 15.1. The van der Waals surface area contributed by atoms with Gasteiger partial charge in [-0.25, -0.2) is 4.98 Å². The molecule has 1 aromatic heterocycles. The predicted molar refractivity (Wildman–Crippen MR) is 157 cm³/mol. The maximum Gasteiger partial charge on any atom is 0.294 e. The number of thiazole rings is 1. The molecule has 2 heterocycles. The van der Waals surface area contributed by atoms with Crippen molar-refractivity contribution in [2.75, 3.05) is 18.6 Å². The minimum absolute atomic E-state index is 0.00204. The number of aromatic nitrogens is 1. The number of hydrogen-bond donors (Lipinski definition) is 1. The number of Topliss-reactive ketones (excluding diaryl/α,β-unsaturated/α-hetero) is 1. The van der Waals surface area contributed by atoms with E-state index in [0.29, 0.717) is 44.9 Å². The van der Waals surface area contributed by atoms with E-state index in [1.54, 1.807) is 32.2 Å². The van der Waals surface area contributed by atoms with Crippen molar-refractivity contribution < 1.29 is 24.2 Å². The van der Waals surface area contributed by atoms with Crippen LogP contribution in [0.4, 0.5) is 5.69 Å². The number of methoxy groups -OCH3 is 1. The molecule has 0 bridgehead atoms. The molecule has 1 unspecified atom stereocenters. The van der Waals surface area contributed by atoms with Crippen molar-refractivity contribution in [1.29, 1.82) is 0 Å². The Labute approximate surface area is 237 Å². The molecule has 0 aliphatic carbocycles. The van der Waals surface area contributed by atoms with E-state index in [1.807, 2.05) is 69.3 Å². The Bertz CT molecular complexity index is 1640. The van der Waals surface area contributed by atoms with E-state index in [0.717, 1.165) is 16.7 Å². The first-order valence-corrected chi connectivity index (χ1v) is 13.8. The first-order valence-electron chi connectivity index (χ1n) is 13.0. The average molecular weight is 555 g/mol. The maximum atomic E-state index is 14.2. The lowest BCUT2D eigenvalue weighted by molar-refractivity contribution is -0.117. The predicted octanol–water partition coefficient (Wildman–Crippen LogP) is 6.93. The zero-order valence-electron chi connectivity index (χ0n) is 23.0. The molecular weight excluding hydrogens is 524 g/mol. The van der Waals surface area contributed by atoms with Crippen LogP contribution in [0.2, 0.25) is 0 Å². The number of ketones is 1. The van der Waals surface area contributed by atoms with Gasteiger partial charge in [0.05, 0.1) is 35.9 Å². The van der Waals surface area contributed by atoms with Gasteiger partial charge in [0.25, 0.3) is 5.91 Å². The number of aryl methyl sites for hydroxylation is 3. The lowest BCUT2D eigenvalue weighted by atomic mass is 9.94. The van der Waals surface area contributed by atoms with Gasteiger partial charge >= 0.3 is 0 Å². The Morgan fingerprint density at radius 3 is 2.42 bits per heavy atom. The van der Waals surface area contributed by atoms with Crippen LogP contribution in [0.3, 0.4) is 0 Å². The highest BCUT2D eigenvalue weighted by Gasteiger charge is 2.45. The first-order chi connectivity index (χ1) is 19.2. The van der Waals surface area contributed by atoms with Crippen molar-refractivity contribution in [3.8, 4) is 22.1 Å². The highest BCUT2D eigenvalue weighted by atomic mass is 32.1. The number of amides is 1. The Kier molecular flexibility index (Phi) is 7.45. The summed E-state index contributed by atoms with van der Waals surface area (Å²) in [5.41, 5.74) is 4.66. The summed E-state index contributed by atoms with van der Waals surface area (Å²) >= 11 is 1.25. The number of ether oxygens (including phenoxy) is 2. The molecule has 0 radical (unpaired) electrons. The molecule has 0 fully saturated rings. The van der Waals surface area contributed by atoms with Gasteiger partial charge in [-0.15, -0.1) is 11.3 Å². The van der Waals surface area contributed by atoms with Crippen molar-refractivity contribution in [2.24, 2.45) is 0 Å². The van der Waals surface area contributed by atoms with Crippen molar-refractivity contribution in [2.45, 2.75) is 33.7 Å². The number of carbonyl (C=O) groups excluding carboxylic acids is 2. The molecule has 0 saturated heterocycles. The summed E-state index contributed by atoms with van der Waals surface area (Å²) in [5, 5.41) is 12.0. The van der Waals surface area contributed by atoms with Crippen molar-refractivity contribution in [3.05, 3.63) is 105 Å². The van der Waals surface area contributed by atoms with E-state index in [-0.39, 0.29) is 5.57 Å². The molecule has 40 heavy (non-hydrogen) atoms. The minimum Gasteiger partial charge on any atom is -0.503 e. The van der Waals surface area contributed by atoms with Crippen molar-refractivity contribution in [1.82, 2.24) is 4.98 Å². The van der Waals surface area contributed by atoms with E-state index in [4.69, 9.17) is 9.47 Å². The summed E-state index contributed by atoms with van der Waals surface area (Å²) in [7, 11) is 1.55. The van der Waals surface area contributed by atoms with E-state index >= 15 is 0 Å². The third-order valence-corrected chi connectivity index (χ3v) is 8.25. The van der Waals surface area contributed by atoms with Gasteiger partial charge in [0.2, 0.25) is 5.78 Å². The van der Waals surface area contributed by atoms with Crippen LogP contribution in [0.25, 0.3) is 10.6 Å². The van der Waals surface area contributed by atoms with Crippen LogP contribution in [-0.2, 0) is 4.79 Å². The standard InChI is InChI=1S/C32H30N2O5S/c1-6-39-25-17-22(13-15-24(25)38-5)27-26(29(36)32(37)34(27)23-14-12-18(2)19(3)16-23)28(35)30-20(4)33-31(40-30)21-10-8-7-9-11-21/h7-17,27,36H,6H2,1-5H3. The molecule has 5 rings (SSSR count). The summed E-state index contributed by atoms with van der Waals surface area (Å²) in [5.74, 6) is -0.645. The van der Waals surface area contributed by atoms with Gasteiger partial charge in [-0.3, -0.25) is 14.5 Å². The fourth-order valence-electron chi connectivity index (χ4n) is 4.86. The summed E-state index contributed by atoms with van der Waals surface area (Å²) in [6, 6.07) is 19.6. The molecule has 1 amide bonds. The van der Waals surface area contributed by atoms with E-state index < -0.39 is 23.5 Å². The summed E-state index contributed by atoms with van der Waals surface area (Å²) in [6.45, 7) is 7.98. The van der Waals surface area contributed by atoms with Crippen molar-refractivity contribution in [3.63, 3.8) is 0 Å². The number of rotatable bonds is 8. The van der Waals surface area contributed by atoms with Gasteiger partial charge in [0, 0.05) is 11.3 Å². The van der Waals surface area contributed by atoms with Crippen LogP contribution in [-0.4, -0.2) is 35.5 Å². The molecule has 1 N–H and O–H groups in total. The fraction of sp³-hybridized carbons (Fsp3) is 0.219. The van der Waals surface area contributed by atoms with Gasteiger partial charge in [-0.1, -0.05) is 42.5 Å². The number of aliphatic hydroxyl groups is 1. The van der Waals surface area contributed by atoms with Gasteiger partial charge in [-0.05, 0) is 68.7 Å². The molecule has 204 valence electrons. The molecule has 4 aromatic rings. The third-order valence-electron chi connectivity index (χ3n) is 7.05. The maximum absolute atomic E-state index is 14.2. The molecular formula is C32H30N2O5S. The molecule has 1 aliphatic rings. The number of aliphatic hydroxyl groups excluding tert-OH is 1. The van der Waals surface area contributed by atoms with Crippen LogP contribution in [0.1, 0.15) is 45.0 Å². The second-order valence-electron chi connectivity index (χ2n) is 9.58. The van der Waals surface area contributed by atoms with Crippen molar-refractivity contribution >= 4 is 28.7 Å². The van der Waals surface area contributed by atoms with Gasteiger partial charge in [0.15, 0.2) is 17.3 Å².